The third-order valence-corrected chi connectivity index (χ3v) is 2.72. The average Bonchev–Trinajstić information content (AvgIpc) is 2.79. The average molecular weight is 227 g/mol. The molecule has 4 nitrogen and oxygen atoms in total. The zero-order valence-corrected chi connectivity index (χ0v) is 10.1. The van der Waals surface area contributed by atoms with Gasteiger partial charge in [0.1, 0.15) is 0 Å². The predicted octanol–water partition coefficient (Wildman–Crippen LogP) is 1.26. The third-order valence-electron chi connectivity index (χ3n) is 2.72. The van der Waals surface area contributed by atoms with Crippen molar-refractivity contribution in [2.45, 2.75) is 38.8 Å². The summed E-state index contributed by atoms with van der Waals surface area (Å²) in [5.74, 6) is -0.324. The van der Waals surface area contributed by atoms with Crippen LogP contribution in [0.2, 0.25) is 0 Å². The van der Waals surface area contributed by atoms with Crippen molar-refractivity contribution >= 4 is 5.97 Å². The van der Waals surface area contributed by atoms with Gasteiger partial charge in [-0.25, -0.2) is 4.79 Å². The number of hydrogen-bond acceptors (Lipinski definition) is 4. The molecule has 0 spiro atoms. The van der Waals surface area contributed by atoms with E-state index in [1.807, 2.05) is 0 Å². The minimum absolute atomic E-state index is 0.244. The molecule has 1 fully saturated rings. The van der Waals surface area contributed by atoms with Crippen LogP contribution in [0.15, 0.2) is 12.2 Å². The van der Waals surface area contributed by atoms with Crippen molar-refractivity contribution in [2.75, 3.05) is 19.8 Å². The van der Waals surface area contributed by atoms with E-state index in [2.05, 4.69) is 18.8 Å². The van der Waals surface area contributed by atoms with Gasteiger partial charge in [0, 0.05) is 24.8 Å². The van der Waals surface area contributed by atoms with Crippen LogP contribution in [-0.4, -0.2) is 37.9 Å². The van der Waals surface area contributed by atoms with Crippen molar-refractivity contribution in [3.05, 3.63) is 12.2 Å². The SMILES string of the molecule is C=C(CNC(C)C1CCCO1)C(=O)OCC. The Morgan fingerprint density at radius 3 is 3.00 bits per heavy atom. The summed E-state index contributed by atoms with van der Waals surface area (Å²) in [6.07, 6.45) is 2.46. The minimum Gasteiger partial charge on any atom is -0.463 e. The lowest BCUT2D eigenvalue weighted by Crippen LogP contribution is -2.38. The standard InChI is InChI=1S/C12H21NO3/c1-4-15-12(14)9(2)8-13-10(3)11-6-5-7-16-11/h10-11,13H,2,4-8H2,1,3H3. The van der Waals surface area contributed by atoms with Gasteiger partial charge in [0.05, 0.1) is 12.7 Å². The van der Waals surface area contributed by atoms with Crippen molar-refractivity contribution in [3.63, 3.8) is 0 Å². The van der Waals surface area contributed by atoms with Crippen LogP contribution in [-0.2, 0) is 14.3 Å². The Morgan fingerprint density at radius 2 is 2.44 bits per heavy atom. The molecule has 0 bridgehead atoms. The molecular formula is C12H21NO3. The van der Waals surface area contributed by atoms with Crippen molar-refractivity contribution < 1.29 is 14.3 Å². The molecule has 2 atom stereocenters. The highest BCUT2D eigenvalue weighted by atomic mass is 16.5. The van der Waals surface area contributed by atoms with E-state index in [0.717, 1.165) is 19.4 Å². The van der Waals surface area contributed by atoms with E-state index in [1.165, 1.54) is 0 Å². The molecule has 0 aromatic rings. The molecule has 0 aromatic heterocycles. The molecule has 0 radical (unpaired) electrons. The van der Waals surface area contributed by atoms with Gasteiger partial charge in [-0.3, -0.25) is 0 Å². The molecule has 1 aliphatic rings. The highest BCUT2D eigenvalue weighted by molar-refractivity contribution is 5.88. The number of carbonyl (C=O) groups excluding carboxylic acids is 1. The van der Waals surface area contributed by atoms with Gasteiger partial charge < -0.3 is 14.8 Å². The van der Waals surface area contributed by atoms with E-state index in [1.54, 1.807) is 6.92 Å². The molecule has 0 aromatic carbocycles. The number of rotatable bonds is 6. The highest BCUT2D eigenvalue weighted by Gasteiger charge is 2.22. The maximum Gasteiger partial charge on any atom is 0.334 e. The van der Waals surface area contributed by atoms with Crippen molar-refractivity contribution in [1.82, 2.24) is 5.32 Å². The molecule has 1 N–H and O–H groups in total. The second-order valence-corrected chi connectivity index (χ2v) is 4.05. The van der Waals surface area contributed by atoms with Gasteiger partial charge in [0.25, 0.3) is 0 Å². The van der Waals surface area contributed by atoms with E-state index >= 15 is 0 Å². The van der Waals surface area contributed by atoms with E-state index in [4.69, 9.17) is 9.47 Å². The molecule has 0 aliphatic carbocycles. The molecule has 1 aliphatic heterocycles. The van der Waals surface area contributed by atoms with Crippen LogP contribution >= 0.6 is 0 Å². The quantitative estimate of drug-likeness (QED) is 0.548. The summed E-state index contributed by atoms with van der Waals surface area (Å²) < 4.78 is 10.4. The normalized spacial score (nSPS) is 21.8. The second kappa shape index (κ2) is 6.66. The number of hydrogen-bond donors (Lipinski definition) is 1. The molecule has 4 heteroatoms. The molecule has 0 amide bonds. The van der Waals surface area contributed by atoms with Gasteiger partial charge in [0.15, 0.2) is 0 Å². The Morgan fingerprint density at radius 1 is 1.69 bits per heavy atom. The predicted molar refractivity (Wildman–Crippen MR) is 62.2 cm³/mol. The zero-order chi connectivity index (χ0) is 12.0. The van der Waals surface area contributed by atoms with Crippen LogP contribution in [0, 0.1) is 0 Å². The van der Waals surface area contributed by atoms with E-state index < -0.39 is 0 Å². The summed E-state index contributed by atoms with van der Waals surface area (Å²) in [6, 6.07) is 0.244. The number of nitrogens with one attached hydrogen (secondary N) is 1. The van der Waals surface area contributed by atoms with E-state index in [0.29, 0.717) is 18.7 Å². The Labute approximate surface area is 97.0 Å². The lowest BCUT2D eigenvalue weighted by Gasteiger charge is -2.20. The lowest BCUT2D eigenvalue weighted by molar-refractivity contribution is -0.138. The Hall–Kier alpha value is -0.870. The van der Waals surface area contributed by atoms with Crippen LogP contribution in [0.4, 0.5) is 0 Å². The summed E-state index contributed by atoms with van der Waals surface area (Å²) in [4.78, 5) is 11.3. The highest BCUT2D eigenvalue weighted by Crippen LogP contribution is 2.15. The summed E-state index contributed by atoms with van der Waals surface area (Å²) >= 11 is 0. The summed E-state index contributed by atoms with van der Waals surface area (Å²) in [7, 11) is 0. The fourth-order valence-electron chi connectivity index (χ4n) is 1.72. The van der Waals surface area contributed by atoms with Crippen LogP contribution in [0.5, 0.6) is 0 Å². The Kier molecular flexibility index (Phi) is 5.49. The monoisotopic (exact) mass is 227 g/mol. The second-order valence-electron chi connectivity index (χ2n) is 4.05. The fraction of sp³-hybridized carbons (Fsp3) is 0.750. The third kappa shape index (κ3) is 3.94. The van der Waals surface area contributed by atoms with Crippen molar-refractivity contribution in [3.8, 4) is 0 Å². The van der Waals surface area contributed by atoms with Crippen LogP contribution < -0.4 is 5.32 Å². The lowest BCUT2D eigenvalue weighted by atomic mass is 10.1. The van der Waals surface area contributed by atoms with Gasteiger partial charge in [-0.05, 0) is 26.7 Å². The van der Waals surface area contributed by atoms with Crippen LogP contribution in [0.1, 0.15) is 26.7 Å². The van der Waals surface area contributed by atoms with E-state index in [-0.39, 0.29) is 18.1 Å². The molecule has 1 rings (SSSR count). The van der Waals surface area contributed by atoms with Crippen LogP contribution in [0.3, 0.4) is 0 Å². The van der Waals surface area contributed by atoms with Crippen LogP contribution in [0.25, 0.3) is 0 Å². The fourth-order valence-corrected chi connectivity index (χ4v) is 1.72. The first kappa shape index (κ1) is 13.2. The molecule has 92 valence electrons. The maximum atomic E-state index is 11.3. The molecular weight excluding hydrogens is 206 g/mol. The maximum absolute atomic E-state index is 11.3. The van der Waals surface area contributed by atoms with Crippen molar-refractivity contribution in [1.29, 1.82) is 0 Å². The molecule has 0 saturated carbocycles. The van der Waals surface area contributed by atoms with Gasteiger partial charge >= 0.3 is 5.97 Å². The van der Waals surface area contributed by atoms with Gasteiger partial charge in [-0.1, -0.05) is 6.58 Å². The topological polar surface area (TPSA) is 47.6 Å². The Balaban J connectivity index is 2.22. The summed E-state index contributed by atoms with van der Waals surface area (Å²) in [5, 5.41) is 3.24. The minimum atomic E-state index is -0.324. The molecule has 16 heavy (non-hydrogen) atoms. The Bertz CT molecular complexity index is 247. The van der Waals surface area contributed by atoms with Gasteiger partial charge in [0.2, 0.25) is 0 Å². The van der Waals surface area contributed by atoms with Crippen molar-refractivity contribution in [2.24, 2.45) is 0 Å². The first-order valence-electron chi connectivity index (χ1n) is 5.85. The van der Waals surface area contributed by atoms with Gasteiger partial charge in [-0.2, -0.15) is 0 Å². The molecule has 2 unspecified atom stereocenters. The van der Waals surface area contributed by atoms with E-state index in [9.17, 15) is 4.79 Å². The number of carbonyl (C=O) groups is 1. The molecule has 1 saturated heterocycles. The largest absolute Gasteiger partial charge is 0.463 e. The molecule has 1 heterocycles. The number of esters is 1. The summed E-state index contributed by atoms with van der Waals surface area (Å²) in [6.45, 7) is 9.23. The first-order chi connectivity index (χ1) is 7.65. The summed E-state index contributed by atoms with van der Waals surface area (Å²) in [5.41, 5.74) is 0.465. The van der Waals surface area contributed by atoms with Gasteiger partial charge in [-0.15, -0.1) is 0 Å². The number of ether oxygens (including phenoxy) is 2. The smallest absolute Gasteiger partial charge is 0.334 e. The zero-order valence-electron chi connectivity index (χ0n) is 10.1. The first-order valence-corrected chi connectivity index (χ1v) is 5.85.